The summed E-state index contributed by atoms with van der Waals surface area (Å²) in [6.45, 7) is 0. The maximum Gasteiger partial charge on any atom is 0.0835 e. The van der Waals surface area contributed by atoms with Crippen LogP contribution in [-0.4, -0.2) is 9.78 Å². The van der Waals surface area contributed by atoms with Crippen molar-refractivity contribution < 1.29 is 0 Å². The highest BCUT2D eigenvalue weighted by Gasteiger charge is 2.30. The second-order valence-corrected chi connectivity index (χ2v) is 5.00. The van der Waals surface area contributed by atoms with E-state index in [1.165, 1.54) is 18.5 Å². The first-order valence-corrected chi connectivity index (χ1v) is 6.60. The molecule has 1 aliphatic rings. The highest BCUT2D eigenvalue weighted by atomic mass is 35.5. The standard InChI is InChI=1S/C13H12Cl2N2/c14-7-10-8-16-17(13(10)9-5-6-9)12-4-2-1-3-11(12)15/h1-4,8-9H,5-7H2. The Morgan fingerprint density at radius 3 is 2.71 bits per heavy atom. The zero-order chi connectivity index (χ0) is 11.8. The lowest BCUT2D eigenvalue weighted by Gasteiger charge is -2.09. The molecule has 1 aromatic heterocycles. The van der Waals surface area contributed by atoms with E-state index in [1.807, 2.05) is 35.1 Å². The predicted octanol–water partition coefficient (Wildman–Crippen LogP) is 4.14. The van der Waals surface area contributed by atoms with Crippen molar-refractivity contribution in [1.82, 2.24) is 9.78 Å². The van der Waals surface area contributed by atoms with Gasteiger partial charge in [-0.05, 0) is 25.0 Å². The molecule has 0 amide bonds. The lowest BCUT2D eigenvalue weighted by molar-refractivity contribution is 0.805. The van der Waals surface area contributed by atoms with E-state index < -0.39 is 0 Å². The first kappa shape index (κ1) is 11.1. The Kier molecular flexibility index (Phi) is 2.85. The minimum atomic E-state index is 0.510. The smallest absolute Gasteiger partial charge is 0.0835 e. The van der Waals surface area contributed by atoms with E-state index in [2.05, 4.69) is 5.10 Å². The summed E-state index contributed by atoms with van der Waals surface area (Å²) in [6.07, 6.45) is 4.30. The third-order valence-corrected chi connectivity index (χ3v) is 3.68. The normalized spacial score (nSPS) is 15.2. The Bertz CT molecular complexity index is 544. The minimum Gasteiger partial charge on any atom is -0.236 e. The van der Waals surface area contributed by atoms with E-state index in [9.17, 15) is 0 Å². The highest BCUT2D eigenvalue weighted by Crippen LogP contribution is 2.43. The Balaban J connectivity index is 2.14. The van der Waals surface area contributed by atoms with Gasteiger partial charge in [0.25, 0.3) is 0 Å². The monoisotopic (exact) mass is 266 g/mol. The average molecular weight is 267 g/mol. The lowest BCUT2D eigenvalue weighted by atomic mass is 10.2. The third kappa shape index (κ3) is 1.96. The van der Waals surface area contributed by atoms with Crippen LogP contribution < -0.4 is 0 Å². The molecule has 0 unspecified atom stereocenters. The van der Waals surface area contributed by atoms with Crippen molar-refractivity contribution in [3.8, 4) is 5.69 Å². The lowest BCUT2D eigenvalue weighted by Crippen LogP contribution is -2.02. The van der Waals surface area contributed by atoms with Crippen molar-refractivity contribution in [1.29, 1.82) is 0 Å². The van der Waals surface area contributed by atoms with Gasteiger partial charge in [-0.3, -0.25) is 0 Å². The number of hydrogen-bond acceptors (Lipinski definition) is 1. The zero-order valence-electron chi connectivity index (χ0n) is 9.24. The van der Waals surface area contributed by atoms with Gasteiger partial charge in [-0.2, -0.15) is 5.10 Å². The summed E-state index contributed by atoms with van der Waals surface area (Å²) in [4.78, 5) is 0. The average Bonchev–Trinajstić information content (AvgIpc) is 3.10. The van der Waals surface area contributed by atoms with Crippen LogP contribution in [0.25, 0.3) is 5.69 Å². The van der Waals surface area contributed by atoms with E-state index >= 15 is 0 Å². The first-order chi connectivity index (χ1) is 8.31. The molecule has 0 spiro atoms. The summed E-state index contributed by atoms with van der Waals surface area (Å²) in [5, 5.41) is 5.15. The molecule has 0 saturated heterocycles. The fourth-order valence-electron chi connectivity index (χ4n) is 2.10. The molecule has 2 nitrogen and oxygen atoms in total. The Morgan fingerprint density at radius 1 is 1.29 bits per heavy atom. The van der Waals surface area contributed by atoms with Crippen molar-refractivity contribution in [2.24, 2.45) is 0 Å². The van der Waals surface area contributed by atoms with E-state index in [0.717, 1.165) is 16.3 Å². The Labute approximate surface area is 110 Å². The maximum atomic E-state index is 6.21. The van der Waals surface area contributed by atoms with Crippen molar-refractivity contribution in [2.75, 3.05) is 0 Å². The van der Waals surface area contributed by atoms with Crippen LogP contribution in [0.3, 0.4) is 0 Å². The third-order valence-electron chi connectivity index (χ3n) is 3.07. The largest absolute Gasteiger partial charge is 0.236 e. The molecule has 0 bridgehead atoms. The van der Waals surface area contributed by atoms with Crippen molar-refractivity contribution in [3.05, 3.63) is 46.7 Å². The van der Waals surface area contributed by atoms with Crippen LogP contribution in [0.5, 0.6) is 0 Å². The van der Waals surface area contributed by atoms with Crippen molar-refractivity contribution in [2.45, 2.75) is 24.6 Å². The molecule has 0 aliphatic heterocycles. The van der Waals surface area contributed by atoms with Gasteiger partial charge in [-0.15, -0.1) is 11.6 Å². The van der Waals surface area contributed by atoms with Gasteiger partial charge in [0, 0.05) is 11.5 Å². The molecular formula is C13H12Cl2N2. The molecule has 1 heterocycles. The second kappa shape index (κ2) is 4.35. The molecule has 1 saturated carbocycles. The topological polar surface area (TPSA) is 17.8 Å². The van der Waals surface area contributed by atoms with E-state index in [4.69, 9.17) is 23.2 Å². The number of halogens is 2. The number of aromatic nitrogens is 2. The van der Waals surface area contributed by atoms with Crippen LogP contribution in [0.15, 0.2) is 30.5 Å². The fourth-order valence-corrected chi connectivity index (χ4v) is 2.52. The molecule has 4 heteroatoms. The Morgan fingerprint density at radius 2 is 2.06 bits per heavy atom. The van der Waals surface area contributed by atoms with Gasteiger partial charge in [-0.1, -0.05) is 23.7 Å². The fraction of sp³-hybridized carbons (Fsp3) is 0.308. The van der Waals surface area contributed by atoms with Gasteiger partial charge >= 0.3 is 0 Å². The summed E-state index contributed by atoms with van der Waals surface area (Å²) in [5.41, 5.74) is 3.29. The van der Waals surface area contributed by atoms with Gasteiger partial charge in [0.05, 0.1) is 28.5 Å². The van der Waals surface area contributed by atoms with E-state index in [1.54, 1.807) is 0 Å². The second-order valence-electron chi connectivity index (χ2n) is 4.33. The molecule has 0 atom stereocenters. The SMILES string of the molecule is ClCc1cnn(-c2ccccc2Cl)c1C1CC1. The molecule has 88 valence electrons. The van der Waals surface area contributed by atoms with Gasteiger partial charge in [0.2, 0.25) is 0 Å². The summed E-state index contributed by atoms with van der Waals surface area (Å²) in [7, 11) is 0. The summed E-state index contributed by atoms with van der Waals surface area (Å²) >= 11 is 12.2. The minimum absolute atomic E-state index is 0.510. The molecule has 3 rings (SSSR count). The first-order valence-electron chi connectivity index (χ1n) is 5.69. The van der Waals surface area contributed by atoms with Gasteiger partial charge in [0.1, 0.15) is 0 Å². The number of benzene rings is 1. The molecule has 1 fully saturated rings. The maximum absolute atomic E-state index is 6.21. The van der Waals surface area contributed by atoms with Crippen LogP contribution in [0, 0.1) is 0 Å². The van der Waals surface area contributed by atoms with Crippen molar-refractivity contribution in [3.63, 3.8) is 0 Å². The van der Waals surface area contributed by atoms with Crippen LogP contribution in [-0.2, 0) is 5.88 Å². The molecule has 2 aromatic rings. The summed E-state index contributed by atoms with van der Waals surface area (Å²) < 4.78 is 1.94. The van der Waals surface area contributed by atoms with E-state index in [0.29, 0.717) is 11.8 Å². The predicted molar refractivity (Wildman–Crippen MR) is 70.1 cm³/mol. The van der Waals surface area contributed by atoms with Crippen LogP contribution in [0.1, 0.15) is 30.0 Å². The Hall–Kier alpha value is -0.990. The molecule has 1 aliphatic carbocycles. The number of rotatable bonds is 3. The van der Waals surface area contributed by atoms with Gasteiger partial charge in [0.15, 0.2) is 0 Å². The highest BCUT2D eigenvalue weighted by molar-refractivity contribution is 6.32. The number of nitrogens with zero attached hydrogens (tertiary/aromatic N) is 2. The zero-order valence-corrected chi connectivity index (χ0v) is 10.7. The molecule has 1 aromatic carbocycles. The number of para-hydroxylation sites is 1. The van der Waals surface area contributed by atoms with Crippen molar-refractivity contribution >= 4 is 23.2 Å². The molecule has 0 N–H and O–H groups in total. The van der Waals surface area contributed by atoms with Gasteiger partial charge in [-0.25, -0.2) is 4.68 Å². The number of alkyl halides is 1. The quantitative estimate of drug-likeness (QED) is 0.764. The summed E-state index contributed by atoms with van der Waals surface area (Å²) in [5.74, 6) is 1.11. The van der Waals surface area contributed by atoms with E-state index in [-0.39, 0.29) is 0 Å². The van der Waals surface area contributed by atoms with Crippen LogP contribution >= 0.6 is 23.2 Å². The van der Waals surface area contributed by atoms with Gasteiger partial charge < -0.3 is 0 Å². The van der Waals surface area contributed by atoms with Crippen LogP contribution in [0.4, 0.5) is 0 Å². The summed E-state index contributed by atoms with van der Waals surface area (Å²) in [6, 6.07) is 7.77. The number of hydrogen-bond donors (Lipinski definition) is 0. The van der Waals surface area contributed by atoms with Crippen LogP contribution in [0.2, 0.25) is 5.02 Å². The molecular weight excluding hydrogens is 255 g/mol. The molecule has 0 radical (unpaired) electrons. The molecule has 17 heavy (non-hydrogen) atoms.